The summed E-state index contributed by atoms with van der Waals surface area (Å²) in [4.78, 5) is 0. The number of rotatable bonds is 8. The highest BCUT2D eigenvalue weighted by molar-refractivity contribution is 5.38. The second kappa shape index (κ2) is 8.29. The minimum absolute atomic E-state index is 0.0121. The van der Waals surface area contributed by atoms with Crippen LogP contribution in [-0.4, -0.2) is 24.1 Å². The molecule has 1 aromatic carbocycles. The molecule has 0 radical (unpaired) electrons. The van der Waals surface area contributed by atoms with Crippen molar-refractivity contribution in [3.63, 3.8) is 0 Å². The largest absolute Gasteiger partial charge is 0.458 e. The maximum atomic E-state index is 14.2. The van der Waals surface area contributed by atoms with Gasteiger partial charge in [0.05, 0.1) is 6.61 Å². The van der Waals surface area contributed by atoms with Gasteiger partial charge in [0.2, 0.25) is 6.36 Å². The fourth-order valence-electron chi connectivity index (χ4n) is 2.16. The van der Waals surface area contributed by atoms with E-state index in [1.807, 2.05) is 13.8 Å². The summed E-state index contributed by atoms with van der Waals surface area (Å²) >= 11 is 0. The zero-order valence-electron chi connectivity index (χ0n) is 12.9. The molecule has 0 bridgehead atoms. The van der Waals surface area contributed by atoms with Gasteiger partial charge in [-0.1, -0.05) is 19.9 Å². The number of nitrogens with two attached hydrogens (primary N) is 1. The predicted molar refractivity (Wildman–Crippen MR) is 79.7 cm³/mol. The van der Waals surface area contributed by atoms with Crippen molar-refractivity contribution in [3.8, 4) is 5.75 Å². The van der Waals surface area contributed by atoms with E-state index < -0.39 is 12.2 Å². The molecule has 0 aliphatic heterocycles. The smallest absolute Gasteiger partial charge is 0.235 e. The van der Waals surface area contributed by atoms with Crippen molar-refractivity contribution in [2.45, 2.75) is 58.4 Å². The quantitative estimate of drug-likeness (QED) is 0.774. The van der Waals surface area contributed by atoms with Crippen LogP contribution in [0.15, 0.2) is 12.1 Å². The maximum Gasteiger partial charge on any atom is 0.235 e. The van der Waals surface area contributed by atoms with Crippen molar-refractivity contribution in [1.82, 2.24) is 0 Å². The van der Waals surface area contributed by atoms with E-state index in [0.29, 0.717) is 18.4 Å². The lowest BCUT2D eigenvalue weighted by atomic mass is 9.96. The van der Waals surface area contributed by atoms with Gasteiger partial charge in [0.25, 0.3) is 0 Å². The fraction of sp³-hybridized carbons (Fsp3) is 0.625. The number of benzene rings is 1. The van der Waals surface area contributed by atoms with E-state index in [1.165, 1.54) is 6.92 Å². The Morgan fingerprint density at radius 3 is 2.48 bits per heavy atom. The highest BCUT2D eigenvalue weighted by Crippen LogP contribution is 2.30. The van der Waals surface area contributed by atoms with Crippen LogP contribution in [0.2, 0.25) is 0 Å². The van der Waals surface area contributed by atoms with Gasteiger partial charge in [-0.3, -0.25) is 0 Å². The van der Waals surface area contributed by atoms with Gasteiger partial charge in [0.1, 0.15) is 0 Å². The van der Waals surface area contributed by atoms with Crippen LogP contribution in [-0.2, 0) is 6.42 Å². The SMILES string of the molecule is CC(F)Oc1cc(CCC[C@@H](N)CO)cc(C(C)C)c1F. The van der Waals surface area contributed by atoms with Crippen LogP contribution < -0.4 is 10.5 Å². The van der Waals surface area contributed by atoms with Crippen LogP contribution in [0.5, 0.6) is 5.75 Å². The lowest BCUT2D eigenvalue weighted by molar-refractivity contribution is 0.0811. The van der Waals surface area contributed by atoms with Crippen molar-refractivity contribution in [2.75, 3.05) is 6.61 Å². The van der Waals surface area contributed by atoms with Gasteiger partial charge in [0, 0.05) is 13.0 Å². The molecule has 0 amide bonds. The molecule has 1 aromatic rings. The third-order valence-electron chi connectivity index (χ3n) is 3.31. The number of ether oxygens (including phenoxy) is 1. The van der Waals surface area contributed by atoms with Gasteiger partial charge in [0.15, 0.2) is 11.6 Å². The standard InChI is InChI=1S/C16H25F2NO2/c1-10(2)14-7-12(5-4-6-13(19)9-20)8-15(16(14)18)21-11(3)17/h7-8,10-11,13,20H,4-6,9,19H2,1-3H3/t11?,13-/m1/s1. The third-order valence-corrected chi connectivity index (χ3v) is 3.31. The predicted octanol–water partition coefficient (Wildman–Crippen LogP) is 3.29. The highest BCUT2D eigenvalue weighted by atomic mass is 19.1. The van der Waals surface area contributed by atoms with Crippen LogP contribution in [0, 0.1) is 5.82 Å². The van der Waals surface area contributed by atoms with Crippen molar-refractivity contribution >= 4 is 0 Å². The molecule has 0 fully saturated rings. The Morgan fingerprint density at radius 2 is 1.95 bits per heavy atom. The Kier molecular flexibility index (Phi) is 7.05. The van der Waals surface area contributed by atoms with E-state index in [2.05, 4.69) is 0 Å². The second-order valence-corrected chi connectivity index (χ2v) is 5.65. The normalized spacial score (nSPS) is 14.3. The molecule has 2 atom stereocenters. The summed E-state index contributed by atoms with van der Waals surface area (Å²) in [5, 5.41) is 8.89. The lowest BCUT2D eigenvalue weighted by Gasteiger charge is -2.16. The molecule has 1 rings (SSSR count). The van der Waals surface area contributed by atoms with Gasteiger partial charge >= 0.3 is 0 Å². The molecule has 0 aliphatic carbocycles. The summed E-state index contributed by atoms with van der Waals surface area (Å²) < 4.78 is 32.1. The number of aliphatic hydroxyl groups excluding tert-OH is 1. The molecule has 0 spiro atoms. The molecule has 21 heavy (non-hydrogen) atoms. The highest BCUT2D eigenvalue weighted by Gasteiger charge is 2.16. The molecule has 0 saturated carbocycles. The molecule has 3 N–H and O–H groups in total. The van der Waals surface area contributed by atoms with Gasteiger partial charge in [-0.05, 0) is 42.4 Å². The molecule has 0 saturated heterocycles. The van der Waals surface area contributed by atoms with E-state index in [4.69, 9.17) is 15.6 Å². The first-order valence-corrected chi connectivity index (χ1v) is 7.34. The second-order valence-electron chi connectivity index (χ2n) is 5.65. The molecule has 3 nitrogen and oxygen atoms in total. The Bertz CT molecular complexity index is 450. The Hall–Kier alpha value is -1.20. The molecular weight excluding hydrogens is 276 g/mol. The average Bonchev–Trinajstić information content (AvgIpc) is 2.40. The van der Waals surface area contributed by atoms with Gasteiger partial charge in [-0.25, -0.2) is 8.78 Å². The molecule has 5 heteroatoms. The minimum atomic E-state index is -1.56. The van der Waals surface area contributed by atoms with Gasteiger partial charge in [-0.15, -0.1) is 0 Å². The number of hydrogen-bond donors (Lipinski definition) is 2. The average molecular weight is 301 g/mol. The lowest BCUT2D eigenvalue weighted by Crippen LogP contribution is -2.24. The van der Waals surface area contributed by atoms with Crippen LogP contribution in [0.1, 0.15) is 50.7 Å². The van der Waals surface area contributed by atoms with Crippen LogP contribution in [0.25, 0.3) is 0 Å². The van der Waals surface area contributed by atoms with Crippen LogP contribution >= 0.6 is 0 Å². The molecule has 120 valence electrons. The van der Waals surface area contributed by atoms with E-state index in [1.54, 1.807) is 12.1 Å². The molecule has 0 aromatic heterocycles. The fourth-order valence-corrected chi connectivity index (χ4v) is 2.16. The zero-order chi connectivity index (χ0) is 16.0. The van der Waals surface area contributed by atoms with E-state index in [0.717, 1.165) is 12.0 Å². The Morgan fingerprint density at radius 1 is 1.29 bits per heavy atom. The van der Waals surface area contributed by atoms with Gasteiger partial charge in [-0.2, -0.15) is 0 Å². The van der Waals surface area contributed by atoms with Crippen molar-refractivity contribution in [2.24, 2.45) is 5.73 Å². The maximum absolute atomic E-state index is 14.2. The van der Waals surface area contributed by atoms with E-state index >= 15 is 0 Å². The summed E-state index contributed by atoms with van der Waals surface area (Å²) in [6, 6.07) is 3.10. The third kappa shape index (κ3) is 5.59. The van der Waals surface area contributed by atoms with Crippen molar-refractivity contribution in [3.05, 3.63) is 29.1 Å². The van der Waals surface area contributed by atoms with Crippen molar-refractivity contribution in [1.29, 1.82) is 0 Å². The molecule has 0 aliphatic rings. The summed E-state index contributed by atoms with van der Waals surface area (Å²) in [5.74, 6) is -0.551. The summed E-state index contributed by atoms with van der Waals surface area (Å²) in [6.07, 6.45) is 0.582. The first kappa shape index (κ1) is 17.9. The first-order valence-electron chi connectivity index (χ1n) is 7.34. The summed E-state index contributed by atoms with van der Waals surface area (Å²) in [5.41, 5.74) is 7.06. The molecule has 1 unspecified atom stereocenters. The van der Waals surface area contributed by atoms with E-state index in [-0.39, 0.29) is 24.3 Å². The monoisotopic (exact) mass is 301 g/mol. The Balaban J connectivity index is 2.90. The number of alkyl halides is 1. The topological polar surface area (TPSA) is 55.5 Å². The number of hydrogen-bond acceptors (Lipinski definition) is 3. The van der Waals surface area contributed by atoms with Crippen molar-refractivity contribution < 1.29 is 18.6 Å². The van der Waals surface area contributed by atoms with E-state index in [9.17, 15) is 8.78 Å². The zero-order valence-corrected chi connectivity index (χ0v) is 12.9. The molecule has 0 heterocycles. The number of aliphatic hydroxyl groups is 1. The first-order chi connectivity index (χ1) is 9.85. The van der Waals surface area contributed by atoms with Crippen LogP contribution in [0.3, 0.4) is 0 Å². The number of halogens is 2. The summed E-state index contributed by atoms with van der Waals surface area (Å²) in [7, 11) is 0. The Labute approximate surface area is 125 Å². The number of aryl methyl sites for hydroxylation is 1. The van der Waals surface area contributed by atoms with Crippen LogP contribution in [0.4, 0.5) is 8.78 Å². The summed E-state index contributed by atoms with van der Waals surface area (Å²) in [6.45, 7) is 4.94. The minimum Gasteiger partial charge on any atom is -0.458 e. The molecular formula is C16H25F2NO2. The van der Waals surface area contributed by atoms with Gasteiger partial charge < -0.3 is 15.6 Å².